The fourth-order valence-electron chi connectivity index (χ4n) is 4.57. The number of imidazole rings is 1. The molecule has 2 atom stereocenters. The van der Waals surface area contributed by atoms with Gasteiger partial charge in [-0.3, -0.25) is 9.59 Å². The minimum absolute atomic E-state index is 0.0321. The molecule has 3 aromatic carbocycles. The Morgan fingerprint density at radius 1 is 0.882 bits per heavy atom. The first kappa shape index (κ1) is 21.9. The van der Waals surface area contributed by atoms with Crippen LogP contribution in [0, 0.1) is 5.92 Å². The molecule has 1 heterocycles. The van der Waals surface area contributed by atoms with Gasteiger partial charge in [0.15, 0.2) is 0 Å². The maximum absolute atomic E-state index is 12.8. The van der Waals surface area contributed by atoms with Gasteiger partial charge in [0.2, 0.25) is 0 Å². The lowest BCUT2D eigenvalue weighted by Gasteiger charge is -2.29. The van der Waals surface area contributed by atoms with Gasteiger partial charge in [-0.2, -0.15) is 0 Å². The van der Waals surface area contributed by atoms with Gasteiger partial charge in [0.1, 0.15) is 5.82 Å². The van der Waals surface area contributed by atoms with Crippen LogP contribution in [0.5, 0.6) is 0 Å². The van der Waals surface area contributed by atoms with Crippen LogP contribution in [-0.2, 0) is 0 Å². The third-order valence-corrected chi connectivity index (χ3v) is 6.62. The van der Waals surface area contributed by atoms with Crippen molar-refractivity contribution in [3.8, 4) is 11.4 Å². The summed E-state index contributed by atoms with van der Waals surface area (Å²) in [5, 5.41) is 6.12. The molecule has 2 amide bonds. The van der Waals surface area contributed by atoms with E-state index in [-0.39, 0.29) is 17.9 Å². The third-order valence-electron chi connectivity index (χ3n) is 6.62. The quantitative estimate of drug-likeness (QED) is 0.358. The number of hydrogen-bond donors (Lipinski definition) is 3. The van der Waals surface area contributed by atoms with E-state index in [0.717, 1.165) is 28.8 Å². The molecule has 0 spiro atoms. The Morgan fingerprint density at radius 3 is 2.41 bits per heavy atom. The molecule has 4 aromatic rings. The zero-order chi connectivity index (χ0) is 23.5. The van der Waals surface area contributed by atoms with Crippen molar-refractivity contribution in [3.63, 3.8) is 0 Å². The van der Waals surface area contributed by atoms with Gasteiger partial charge in [-0.05, 0) is 73.4 Å². The average molecular weight is 453 g/mol. The molecule has 6 heteroatoms. The number of aromatic nitrogens is 2. The van der Waals surface area contributed by atoms with E-state index in [1.165, 1.54) is 19.3 Å². The van der Waals surface area contributed by atoms with E-state index in [9.17, 15) is 9.59 Å². The molecule has 34 heavy (non-hydrogen) atoms. The number of nitrogens with zero attached hydrogens (tertiary/aromatic N) is 1. The number of hydrogen-bond acceptors (Lipinski definition) is 3. The van der Waals surface area contributed by atoms with Crippen LogP contribution in [0.25, 0.3) is 22.4 Å². The van der Waals surface area contributed by atoms with Crippen LogP contribution in [0.1, 0.15) is 53.3 Å². The van der Waals surface area contributed by atoms with Crippen molar-refractivity contribution in [3.05, 3.63) is 83.9 Å². The molecule has 0 radical (unpaired) electrons. The van der Waals surface area contributed by atoms with E-state index in [1.807, 2.05) is 60.7 Å². The highest BCUT2D eigenvalue weighted by molar-refractivity contribution is 6.04. The predicted octanol–water partition coefficient (Wildman–Crippen LogP) is 5.79. The highest BCUT2D eigenvalue weighted by Gasteiger charge is 2.23. The minimum atomic E-state index is -0.148. The number of fused-ring (bicyclic) bond motifs is 1. The van der Waals surface area contributed by atoms with Gasteiger partial charge in [0.05, 0.1) is 11.0 Å². The number of H-pyrrole nitrogens is 1. The summed E-state index contributed by atoms with van der Waals surface area (Å²) in [6, 6.07) is 22.5. The van der Waals surface area contributed by atoms with Gasteiger partial charge in [-0.15, -0.1) is 0 Å². The van der Waals surface area contributed by atoms with Crippen LogP contribution >= 0.6 is 0 Å². The summed E-state index contributed by atoms with van der Waals surface area (Å²) in [7, 11) is 0. The average Bonchev–Trinajstić information content (AvgIpc) is 3.30. The van der Waals surface area contributed by atoms with Gasteiger partial charge in [-0.1, -0.05) is 38.0 Å². The van der Waals surface area contributed by atoms with Crippen molar-refractivity contribution in [2.24, 2.45) is 5.92 Å². The summed E-state index contributed by atoms with van der Waals surface area (Å²) in [5.41, 5.74) is 4.49. The van der Waals surface area contributed by atoms with Crippen LogP contribution in [0.3, 0.4) is 0 Å². The first-order valence-corrected chi connectivity index (χ1v) is 11.8. The summed E-state index contributed by atoms with van der Waals surface area (Å²) in [4.78, 5) is 33.2. The Bertz CT molecular complexity index is 1310. The topological polar surface area (TPSA) is 86.9 Å². The van der Waals surface area contributed by atoms with Crippen molar-refractivity contribution in [2.45, 2.75) is 38.6 Å². The molecule has 0 bridgehead atoms. The molecule has 0 saturated heterocycles. The summed E-state index contributed by atoms with van der Waals surface area (Å²) in [5.74, 6) is 1.05. The molecular formula is C28H28N4O2. The van der Waals surface area contributed by atoms with Crippen LogP contribution < -0.4 is 10.6 Å². The van der Waals surface area contributed by atoms with Crippen molar-refractivity contribution in [2.75, 3.05) is 5.32 Å². The second-order valence-electron chi connectivity index (χ2n) is 9.06. The number of amides is 2. The predicted molar refractivity (Wildman–Crippen MR) is 135 cm³/mol. The van der Waals surface area contributed by atoms with E-state index in [2.05, 4.69) is 27.5 Å². The molecule has 1 fully saturated rings. The molecule has 6 nitrogen and oxygen atoms in total. The van der Waals surface area contributed by atoms with Crippen molar-refractivity contribution in [1.82, 2.24) is 15.3 Å². The lowest BCUT2D eigenvalue weighted by Crippen LogP contribution is -2.41. The van der Waals surface area contributed by atoms with Crippen molar-refractivity contribution in [1.29, 1.82) is 0 Å². The van der Waals surface area contributed by atoms with Gasteiger partial charge in [0.25, 0.3) is 11.8 Å². The Morgan fingerprint density at radius 2 is 1.65 bits per heavy atom. The number of rotatable bonds is 5. The van der Waals surface area contributed by atoms with E-state index in [1.54, 1.807) is 12.1 Å². The van der Waals surface area contributed by atoms with E-state index >= 15 is 0 Å². The van der Waals surface area contributed by atoms with Crippen LogP contribution in [0.4, 0.5) is 5.69 Å². The molecule has 1 aliphatic carbocycles. The second-order valence-corrected chi connectivity index (χ2v) is 9.06. The molecule has 1 aromatic heterocycles. The number of carbonyl (C=O) groups is 2. The monoisotopic (exact) mass is 452 g/mol. The molecule has 1 saturated carbocycles. The van der Waals surface area contributed by atoms with Gasteiger partial charge in [-0.25, -0.2) is 4.98 Å². The molecule has 172 valence electrons. The highest BCUT2D eigenvalue weighted by atomic mass is 16.2. The fourth-order valence-corrected chi connectivity index (χ4v) is 4.57. The highest BCUT2D eigenvalue weighted by Crippen LogP contribution is 2.25. The summed E-state index contributed by atoms with van der Waals surface area (Å²) in [6.07, 6.45) is 4.64. The smallest absolute Gasteiger partial charge is 0.255 e. The number of nitrogens with one attached hydrogen (secondary N) is 3. The number of carbonyl (C=O) groups excluding carboxylic acids is 2. The van der Waals surface area contributed by atoms with E-state index in [0.29, 0.717) is 22.7 Å². The Kier molecular flexibility index (Phi) is 6.12. The maximum atomic E-state index is 12.8. The minimum Gasteiger partial charge on any atom is -0.349 e. The molecule has 1 aliphatic rings. The van der Waals surface area contributed by atoms with Crippen molar-refractivity contribution >= 4 is 28.5 Å². The number of benzene rings is 3. The van der Waals surface area contributed by atoms with Crippen LogP contribution in [-0.4, -0.2) is 27.8 Å². The zero-order valence-electron chi connectivity index (χ0n) is 19.2. The lowest BCUT2D eigenvalue weighted by atomic mass is 9.86. The largest absolute Gasteiger partial charge is 0.349 e. The lowest BCUT2D eigenvalue weighted by molar-refractivity contribution is 0.0910. The first-order valence-electron chi connectivity index (χ1n) is 11.8. The Hall–Kier alpha value is -3.93. The molecule has 3 N–H and O–H groups in total. The van der Waals surface area contributed by atoms with Crippen LogP contribution in [0.15, 0.2) is 72.8 Å². The van der Waals surface area contributed by atoms with Crippen molar-refractivity contribution < 1.29 is 9.59 Å². The van der Waals surface area contributed by atoms with Gasteiger partial charge in [0, 0.05) is 28.4 Å². The summed E-state index contributed by atoms with van der Waals surface area (Å²) >= 11 is 0. The third kappa shape index (κ3) is 4.71. The Labute approximate surface area is 198 Å². The maximum Gasteiger partial charge on any atom is 0.255 e. The van der Waals surface area contributed by atoms with E-state index < -0.39 is 0 Å². The molecule has 2 unspecified atom stereocenters. The fraction of sp³-hybridized carbons (Fsp3) is 0.250. The Balaban J connectivity index is 1.29. The molecule has 5 rings (SSSR count). The SMILES string of the molecule is CC1CCCCC1NC(=O)c1ccc2nc(-c3ccc(NC(=O)c4ccccc4)cc3)[nH]c2c1. The van der Waals surface area contributed by atoms with Gasteiger partial charge < -0.3 is 15.6 Å². The summed E-state index contributed by atoms with van der Waals surface area (Å²) < 4.78 is 0. The van der Waals surface area contributed by atoms with Gasteiger partial charge >= 0.3 is 0 Å². The molecular weight excluding hydrogens is 424 g/mol. The first-order chi connectivity index (χ1) is 16.6. The number of anilines is 1. The zero-order valence-corrected chi connectivity index (χ0v) is 19.2. The summed E-state index contributed by atoms with van der Waals surface area (Å²) in [6.45, 7) is 2.22. The normalized spacial score (nSPS) is 17.9. The standard InChI is InChI=1S/C28H28N4O2/c1-18-7-5-6-10-23(18)32-28(34)21-13-16-24-25(17-21)31-26(30-24)19-11-14-22(15-12-19)29-27(33)20-8-3-2-4-9-20/h2-4,8-9,11-18,23H,5-7,10H2,1H3,(H,29,33)(H,30,31)(H,32,34). The second kappa shape index (κ2) is 9.51. The number of aromatic amines is 1. The van der Waals surface area contributed by atoms with E-state index in [4.69, 9.17) is 0 Å². The molecule has 0 aliphatic heterocycles. The van der Waals surface area contributed by atoms with Crippen LogP contribution in [0.2, 0.25) is 0 Å².